The van der Waals surface area contributed by atoms with Gasteiger partial charge in [0.2, 0.25) is 0 Å². The van der Waals surface area contributed by atoms with Crippen molar-refractivity contribution < 1.29 is 9.53 Å². The van der Waals surface area contributed by atoms with Gasteiger partial charge >= 0.3 is 0 Å². The van der Waals surface area contributed by atoms with E-state index in [1.165, 1.54) is 0 Å². The molecule has 0 bridgehead atoms. The van der Waals surface area contributed by atoms with Gasteiger partial charge in [-0.2, -0.15) is 0 Å². The molecule has 0 heterocycles. The SMILES string of the molecule is CO/C(=C\C(=O)Cc1ccccc1)Cc1ccccc1. The van der Waals surface area contributed by atoms with E-state index in [0.29, 0.717) is 18.6 Å². The zero-order chi connectivity index (χ0) is 14.2. The molecule has 2 aromatic carbocycles. The molecule has 2 rings (SSSR count). The fourth-order valence-corrected chi connectivity index (χ4v) is 2.01. The minimum Gasteiger partial charge on any atom is -0.501 e. The van der Waals surface area contributed by atoms with Crippen LogP contribution in [0.25, 0.3) is 0 Å². The summed E-state index contributed by atoms with van der Waals surface area (Å²) in [5.74, 6) is 0.751. The van der Waals surface area contributed by atoms with E-state index < -0.39 is 0 Å². The molecule has 0 aromatic heterocycles. The molecule has 0 saturated heterocycles. The Morgan fingerprint density at radius 3 is 1.90 bits per heavy atom. The number of rotatable bonds is 6. The van der Waals surface area contributed by atoms with Crippen LogP contribution in [0.3, 0.4) is 0 Å². The molecule has 0 aliphatic carbocycles. The number of carbonyl (C=O) groups is 1. The van der Waals surface area contributed by atoms with Gasteiger partial charge in [-0.3, -0.25) is 4.79 Å². The average molecular weight is 266 g/mol. The number of ether oxygens (including phenoxy) is 1. The number of hydrogen-bond donors (Lipinski definition) is 0. The van der Waals surface area contributed by atoms with Crippen LogP contribution in [0.1, 0.15) is 11.1 Å². The van der Waals surface area contributed by atoms with E-state index >= 15 is 0 Å². The van der Waals surface area contributed by atoms with Gasteiger partial charge in [0, 0.05) is 18.9 Å². The highest BCUT2D eigenvalue weighted by Crippen LogP contribution is 2.09. The largest absolute Gasteiger partial charge is 0.501 e. The van der Waals surface area contributed by atoms with Crippen LogP contribution in [-0.4, -0.2) is 12.9 Å². The lowest BCUT2D eigenvalue weighted by Gasteiger charge is -2.06. The van der Waals surface area contributed by atoms with Crippen LogP contribution >= 0.6 is 0 Å². The first kappa shape index (κ1) is 14.1. The normalized spacial score (nSPS) is 11.2. The van der Waals surface area contributed by atoms with Gasteiger partial charge in [-0.05, 0) is 11.1 Å². The average Bonchev–Trinajstić information content (AvgIpc) is 2.48. The van der Waals surface area contributed by atoms with Crippen molar-refractivity contribution in [2.45, 2.75) is 12.8 Å². The lowest BCUT2D eigenvalue weighted by atomic mass is 10.1. The summed E-state index contributed by atoms with van der Waals surface area (Å²) < 4.78 is 5.30. The standard InChI is InChI=1S/C18H18O2/c1-20-18(13-16-10-6-3-7-11-16)14-17(19)12-15-8-4-2-5-9-15/h2-11,14H,12-13H2,1H3/b18-14-. The Labute approximate surface area is 119 Å². The number of methoxy groups -OCH3 is 1. The van der Waals surface area contributed by atoms with Crippen LogP contribution in [0.4, 0.5) is 0 Å². The van der Waals surface area contributed by atoms with E-state index in [9.17, 15) is 4.79 Å². The van der Waals surface area contributed by atoms with Crippen molar-refractivity contribution in [3.8, 4) is 0 Å². The summed E-state index contributed by atoms with van der Waals surface area (Å²) in [5.41, 5.74) is 2.15. The maximum absolute atomic E-state index is 12.0. The summed E-state index contributed by atoms with van der Waals surface area (Å²) in [6.07, 6.45) is 2.64. The maximum Gasteiger partial charge on any atom is 0.163 e. The van der Waals surface area contributed by atoms with Crippen molar-refractivity contribution in [1.29, 1.82) is 0 Å². The van der Waals surface area contributed by atoms with E-state index in [1.54, 1.807) is 13.2 Å². The number of ketones is 1. The number of carbonyl (C=O) groups excluding carboxylic acids is 1. The molecule has 2 heteroatoms. The van der Waals surface area contributed by atoms with E-state index in [1.807, 2.05) is 60.7 Å². The highest BCUT2D eigenvalue weighted by Gasteiger charge is 2.05. The quantitative estimate of drug-likeness (QED) is 0.590. The Kier molecular flexibility index (Phi) is 5.13. The molecule has 0 saturated carbocycles. The molecule has 0 aliphatic heterocycles. The van der Waals surface area contributed by atoms with Gasteiger partial charge in [0.15, 0.2) is 5.78 Å². The van der Waals surface area contributed by atoms with Crippen LogP contribution in [0.2, 0.25) is 0 Å². The van der Waals surface area contributed by atoms with Gasteiger partial charge in [0.05, 0.1) is 7.11 Å². The van der Waals surface area contributed by atoms with Crippen LogP contribution in [0.15, 0.2) is 72.5 Å². The van der Waals surface area contributed by atoms with Gasteiger partial charge in [-0.25, -0.2) is 0 Å². The second-order valence-electron chi connectivity index (χ2n) is 4.61. The zero-order valence-corrected chi connectivity index (χ0v) is 11.6. The summed E-state index contributed by atoms with van der Waals surface area (Å²) in [6, 6.07) is 19.7. The van der Waals surface area contributed by atoms with Crippen LogP contribution in [-0.2, 0) is 22.4 Å². The summed E-state index contributed by atoms with van der Waals surface area (Å²) >= 11 is 0. The summed E-state index contributed by atoms with van der Waals surface area (Å²) in [5, 5.41) is 0. The van der Waals surface area contributed by atoms with E-state index in [0.717, 1.165) is 11.1 Å². The highest BCUT2D eigenvalue weighted by molar-refractivity contribution is 5.91. The molecular formula is C18H18O2. The fraction of sp³-hybridized carbons (Fsp3) is 0.167. The predicted molar refractivity (Wildman–Crippen MR) is 80.4 cm³/mol. The third-order valence-corrected chi connectivity index (χ3v) is 3.03. The molecular weight excluding hydrogens is 248 g/mol. The van der Waals surface area contributed by atoms with Crippen molar-refractivity contribution >= 4 is 5.78 Å². The molecule has 0 spiro atoms. The molecule has 0 unspecified atom stereocenters. The van der Waals surface area contributed by atoms with E-state index in [4.69, 9.17) is 4.74 Å². The molecule has 0 atom stereocenters. The zero-order valence-electron chi connectivity index (χ0n) is 11.6. The Hall–Kier alpha value is -2.35. The molecule has 0 radical (unpaired) electrons. The lowest BCUT2D eigenvalue weighted by molar-refractivity contribution is -0.114. The number of benzene rings is 2. The minimum absolute atomic E-state index is 0.0592. The monoisotopic (exact) mass is 266 g/mol. The fourth-order valence-electron chi connectivity index (χ4n) is 2.01. The van der Waals surface area contributed by atoms with Crippen molar-refractivity contribution in [3.63, 3.8) is 0 Å². The van der Waals surface area contributed by atoms with Crippen LogP contribution in [0, 0.1) is 0 Å². The van der Waals surface area contributed by atoms with Gasteiger partial charge < -0.3 is 4.74 Å². The predicted octanol–water partition coefficient (Wildman–Crippen LogP) is 3.57. The maximum atomic E-state index is 12.0. The molecule has 2 nitrogen and oxygen atoms in total. The van der Waals surface area contributed by atoms with Crippen LogP contribution < -0.4 is 0 Å². The smallest absolute Gasteiger partial charge is 0.163 e. The second kappa shape index (κ2) is 7.29. The number of allylic oxidation sites excluding steroid dienone is 2. The first-order valence-electron chi connectivity index (χ1n) is 6.63. The van der Waals surface area contributed by atoms with Gasteiger partial charge in [-0.1, -0.05) is 60.7 Å². The Bertz CT molecular complexity index is 571. The molecule has 2 aromatic rings. The first-order valence-corrected chi connectivity index (χ1v) is 6.63. The Morgan fingerprint density at radius 2 is 1.40 bits per heavy atom. The molecule has 102 valence electrons. The van der Waals surface area contributed by atoms with Crippen molar-refractivity contribution in [3.05, 3.63) is 83.6 Å². The molecule has 0 N–H and O–H groups in total. The van der Waals surface area contributed by atoms with Crippen molar-refractivity contribution in [1.82, 2.24) is 0 Å². The van der Waals surface area contributed by atoms with Gasteiger partial charge in [0.1, 0.15) is 5.76 Å². The highest BCUT2D eigenvalue weighted by atomic mass is 16.5. The lowest BCUT2D eigenvalue weighted by Crippen LogP contribution is -2.03. The van der Waals surface area contributed by atoms with E-state index in [-0.39, 0.29) is 5.78 Å². The first-order chi connectivity index (χ1) is 9.78. The molecule has 0 amide bonds. The topological polar surface area (TPSA) is 26.3 Å². The van der Waals surface area contributed by atoms with Crippen LogP contribution in [0.5, 0.6) is 0 Å². The van der Waals surface area contributed by atoms with Gasteiger partial charge in [-0.15, -0.1) is 0 Å². The van der Waals surface area contributed by atoms with Crippen molar-refractivity contribution in [2.75, 3.05) is 7.11 Å². The third kappa shape index (κ3) is 4.39. The second-order valence-corrected chi connectivity index (χ2v) is 4.61. The molecule has 20 heavy (non-hydrogen) atoms. The molecule has 0 aliphatic rings. The minimum atomic E-state index is 0.0592. The summed E-state index contributed by atoms with van der Waals surface area (Å²) in [4.78, 5) is 12.0. The Morgan fingerprint density at radius 1 is 0.900 bits per heavy atom. The Balaban J connectivity index is 2.01. The number of hydrogen-bond acceptors (Lipinski definition) is 2. The van der Waals surface area contributed by atoms with E-state index in [2.05, 4.69) is 0 Å². The summed E-state index contributed by atoms with van der Waals surface area (Å²) in [7, 11) is 1.60. The van der Waals surface area contributed by atoms with Crippen molar-refractivity contribution in [2.24, 2.45) is 0 Å². The van der Waals surface area contributed by atoms with Gasteiger partial charge in [0.25, 0.3) is 0 Å². The summed E-state index contributed by atoms with van der Waals surface area (Å²) in [6.45, 7) is 0. The third-order valence-electron chi connectivity index (χ3n) is 3.03. The molecule has 0 fully saturated rings.